The lowest BCUT2D eigenvalue weighted by molar-refractivity contribution is 0.912. The van der Waals surface area contributed by atoms with Gasteiger partial charge < -0.3 is 4.98 Å². The number of aromatic nitrogens is 1. The Kier molecular flexibility index (Phi) is 2.15. The average molecular weight is 137 g/mol. The molecule has 0 unspecified atom stereocenters. The standard InChI is InChI=1S/C9H15N/c1-4-5-9-6-7(2)10-8(9)3/h6,10H,4-5H2,1-3H3. The van der Waals surface area contributed by atoms with E-state index in [0.29, 0.717) is 0 Å². The van der Waals surface area contributed by atoms with Crippen molar-refractivity contribution in [2.75, 3.05) is 0 Å². The van der Waals surface area contributed by atoms with Gasteiger partial charge in [-0.2, -0.15) is 0 Å². The maximum atomic E-state index is 3.29. The molecular weight excluding hydrogens is 122 g/mol. The van der Waals surface area contributed by atoms with Gasteiger partial charge in [0.05, 0.1) is 0 Å². The average Bonchev–Trinajstić information content (AvgIpc) is 2.13. The van der Waals surface area contributed by atoms with Crippen molar-refractivity contribution in [1.82, 2.24) is 4.98 Å². The molecule has 0 radical (unpaired) electrons. The molecule has 1 N–H and O–H groups in total. The van der Waals surface area contributed by atoms with Crippen LogP contribution in [0.1, 0.15) is 30.3 Å². The smallest absolute Gasteiger partial charge is 0.0150 e. The molecule has 0 atom stereocenters. The molecule has 0 aliphatic rings. The molecule has 0 saturated heterocycles. The highest BCUT2D eigenvalue weighted by atomic mass is 14.7. The van der Waals surface area contributed by atoms with Crippen molar-refractivity contribution in [3.63, 3.8) is 0 Å². The Morgan fingerprint density at radius 3 is 2.50 bits per heavy atom. The number of rotatable bonds is 2. The van der Waals surface area contributed by atoms with Gasteiger partial charge in [-0.1, -0.05) is 13.3 Å². The van der Waals surface area contributed by atoms with Crippen molar-refractivity contribution in [2.45, 2.75) is 33.6 Å². The normalized spacial score (nSPS) is 10.3. The highest BCUT2D eigenvalue weighted by molar-refractivity contribution is 5.24. The maximum absolute atomic E-state index is 3.29. The molecule has 0 spiro atoms. The van der Waals surface area contributed by atoms with Crippen LogP contribution in [0.4, 0.5) is 0 Å². The summed E-state index contributed by atoms with van der Waals surface area (Å²) >= 11 is 0. The quantitative estimate of drug-likeness (QED) is 0.645. The van der Waals surface area contributed by atoms with Crippen LogP contribution < -0.4 is 0 Å². The molecular formula is C9H15N. The highest BCUT2D eigenvalue weighted by Crippen LogP contribution is 2.10. The second-order valence-electron chi connectivity index (χ2n) is 2.85. The first-order valence-electron chi connectivity index (χ1n) is 3.89. The van der Waals surface area contributed by atoms with Crippen molar-refractivity contribution < 1.29 is 0 Å². The van der Waals surface area contributed by atoms with E-state index in [9.17, 15) is 0 Å². The fraction of sp³-hybridized carbons (Fsp3) is 0.556. The molecule has 1 aromatic rings. The van der Waals surface area contributed by atoms with Crippen molar-refractivity contribution in [3.8, 4) is 0 Å². The Bertz CT molecular complexity index is 211. The topological polar surface area (TPSA) is 15.8 Å². The van der Waals surface area contributed by atoms with Gasteiger partial charge in [0.2, 0.25) is 0 Å². The molecule has 1 heterocycles. The SMILES string of the molecule is CCCc1cc(C)[nH]c1C. The Morgan fingerprint density at radius 1 is 1.40 bits per heavy atom. The van der Waals surface area contributed by atoms with Crippen molar-refractivity contribution >= 4 is 0 Å². The number of hydrogen-bond donors (Lipinski definition) is 1. The van der Waals surface area contributed by atoms with E-state index >= 15 is 0 Å². The zero-order chi connectivity index (χ0) is 7.56. The third kappa shape index (κ3) is 1.41. The van der Waals surface area contributed by atoms with E-state index in [1.165, 1.54) is 29.8 Å². The summed E-state index contributed by atoms with van der Waals surface area (Å²) < 4.78 is 0. The molecule has 0 saturated carbocycles. The minimum atomic E-state index is 1.20. The van der Waals surface area contributed by atoms with Gasteiger partial charge >= 0.3 is 0 Å². The lowest BCUT2D eigenvalue weighted by Crippen LogP contribution is -1.81. The molecule has 0 aromatic carbocycles. The molecule has 1 heteroatoms. The van der Waals surface area contributed by atoms with Crippen LogP contribution in [-0.4, -0.2) is 4.98 Å². The summed E-state index contributed by atoms with van der Waals surface area (Å²) in [5.41, 5.74) is 4.08. The summed E-state index contributed by atoms with van der Waals surface area (Å²) in [4.78, 5) is 3.29. The summed E-state index contributed by atoms with van der Waals surface area (Å²) in [5.74, 6) is 0. The van der Waals surface area contributed by atoms with Crippen LogP contribution in [0.2, 0.25) is 0 Å². The fourth-order valence-electron chi connectivity index (χ4n) is 1.31. The number of hydrogen-bond acceptors (Lipinski definition) is 0. The van der Waals surface area contributed by atoms with Crippen LogP contribution in [-0.2, 0) is 6.42 Å². The van der Waals surface area contributed by atoms with E-state index in [4.69, 9.17) is 0 Å². The second kappa shape index (κ2) is 2.91. The molecule has 10 heavy (non-hydrogen) atoms. The predicted molar refractivity (Wildman–Crippen MR) is 44.3 cm³/mol. The van der Waals surface area contributed by atoms with Crippen LogP contribution in [0.3, 0.4) is 0 Å². The van der Waals surface area contributed by atoms with E-state index in [2.05, 4.69) is 31.8 Å². The van der Waals surface area contributed by atoms with Gasteiger partial charge in [0.25, 0.3) is 0 Å². The largest absolute Gasteiger partial charge is 0.362 e. The van der Waals surface area contributed by atoms with Crippen LogP contribution in [0.15, 0.2) is 6.07 Å². The van der Waals surface area contributed by atoms with Gasteiger partial charge in [-0.25, -0.2) is 0 Å². The van der Waals surface area contributed by atoms with Gasteiger partial charge in [0.15, 0.2) is 0 Å². The molecule has 0 fully saturated rings. The Labute approximate surface area is 62.5 Å². The monoisotopic (exact) mass is 137 g/mol. The van der Waals surface area contributed by atoms with Crippen LogP contribution in [0.25, 0.3) is 0 Å². The highest BCUT2D eigenvalue weighted by Gasteiger charge is 1.98. The van der Waals surface area contributed by atoms with Crippen LogP contribution >= 0.6 is 0 Å². The number of aromatic amines is 1. The van der Waals surface area contributed by atoms with Gasteiger partial charge in [0.1, 0.15) is 0 Å². The zero-order valence-corrected chi connectivity index (χ0v) is 6.99. The van der Waals surface area contributed by atoms with Gasteiger partial charge in [-0.3, -0.25) is 0 Å². The molecule has 1 aromatic heterocycles. The maximum Gasteiger partial charge on any atom is 0.0150 e. The Balaban J connectivity index is 2.81. The number of aryl methyl sites for hydroxylation is 3. The van der Waals surface area contributed by atoms with E-state index in [-0.39, 0.29) is 0 Å². The first-order valence-corrected chi connectivity index (χ1v) is 3.89. The lowest BCUT2D eigenvalue weighted by Gasteiger charge is -1.92. The fourth-order valence-corrected chi connectivity index (χ4v) is 1.31. The van der Waals surface area contributed by atoms with Gasteiger partial charge in [-0.15, -0.1) is 0 Å². The van der Waals surface area contributed by atoms with E-state index < -0.39 is 0 Å². The molecule has 0 aliphatic carbocycles. The molecule has 0 aliphatic heterocycles. The third-order valence-electron chi connectivity index (χ3n) is 1.78. The summed E-state index contributed by atoms with van der Waals surface area (Å²) in [6, 6.07) is 2.23. The predicted octanol–water partition coefficient (Wildman–Crippen LogP) is 2.58. The van der Waals surface area contributed by atoms with Gasteiger partial charge in [-0.05, 0) is 31.9 Å². The lowest BCUT2D eigenvalue weighted by atomic mass is 10.1. The molecule has 56 valence electrons. The Morgan fingerprint density at radius 2 is 2.10 bits per heavy atom. The molecule has 1 rings (SSSR count). The second-order valence-corrected chi connectivity index (χ2v) is 2.85. The summed E-state index contributed by atoms with van der Waals surface area (Å²) in [7, 11) is 0. The molecule has 0 amide bonds. The van der Waals surface area contributed by atoms with Gasteiger partial charge in [0, 0.05) is 11.4 Å². The van der Waals surface area contributed by atoms with E-state index in [1.807, 2.05) is 0 Å². The van der Waals surface area contributed by atoms with E-state index in [1.54, 1.807) is 0 Å². The summed E-state index contributed by atoms with van der Waals surface area (Å²) in [6.07, 6.45) is 2.44. The first kappa shape index (κ1) is 7.39. The van der Waals surface area contributed by atoms with Crippen LogP contribution in [0, 0.1) is 13.8 Å². The molecule has 0 bridgehead atoms. The van der Waals surface area contributed by atoms with Crippen LogP contribution in [0.5, 0.6) is 0 Å². The van der Waals surface area contributed by atoms with Crippen molar-refractivity contribution in [2.24, 2.45) is 0 Å². The van der Waals surface area contributed by atoms with Crippen molar-refractivity contribution in [1.29, 1.82) is 0 Å². The number of H-pyrrole nitrogens is 1. The Hall–Kier alpha value is -0.720. The molecule has 1 nitrogen and oxygen atoms in total. The van der Waals surface area contributed by atoms with E-state index in [0.717, 1.165) is 0 Å². The van der Waals surface area contributed by atoms with Crippen molar-refractivity contribution in [3.05, 3.63) is 23.0 Å². The third-order valence-corrected chi connectivity index (χ3v) is 1.78. The minimum Gasteiger partial charge on any atom is -0.362 e. The minimum absolute atomic E-state index is 1.20. The summed E-state index contributed by atoms with van der Waals surface area (Å²) in [5, 5.41) is 0. The first-order chi connectivity index (χ1) is 4.74. The summed E-state index contributed by atoms with van der Waals surface area (Å²) in [6.45, 7) is 6.45. The number of nitrogens with one attached hydrogen (secondary N) is 1. The zero-order valence-electron chi connectivity index (χ0n) is 6.99.